The molecule has 0 atom stereocenters. The Bertz CT molecular complexity index is 981. The lowest BCUT2D eigenvalue weighted by Crippen LogP contribution is -2.05. The van der Waals surface area contributed by atoms with E-state index < -0.39 is 0 Å². The standard InChI is InChI=1S/C16H16N2O4S3/c1-5-21-14(19)10-7(3)9-12(24-10)17-16-18(13(9)23)8(4)11(25-16)15(20)22-6-2/h5-6H2,1-4H3. The highest BCUT2D eigenvalue weighted by molar-refractivity contribution is 7.71. The third-order valence-corrected chi connectivity index (χ3v) is 6.39. The van der Waals surface area contributed by atoms with Gasteiger partial charge in [0.05, 0.1) is 18.6 Å². The van der Waals surface area contributed by atoms with E-state index in [2.05, 4.69) is 4.98 Å². The van der Waals surface area contributed by atoms with E-state index >= 15 is 0 Å². The first-order valence-corrected chi connectivity index (χ1v) is 9.74. The Morgan fingerprint density at radius 2 is 1.68 bits per heavy atom. The highest BCUT2D eigenvalue weighted by Crippen LogP contribution is 2.34. The number of carbonyl (C=O) groups excluding carboxylic acids is 2. The molecule has 25 heavy (non-hydrogen) atoms. The minimum atomic E-state index is -0.378. The van der Waals surface area contributed by atoms with Crippen LogP contribution in [0.1, 0.15) is 44.4 Å². The molecule has 0 aliphatic rings. The summed E-state index contributed by atoms with van der Waals surface area (Å²) in [6.07, 6.45) is 0. The molecule has 132 valence electrons. The fourth-order valence-electron chi connectivity index (χ4n) is 2.57. The van der Waals surface area contributed by atoms with Crippen molar-refractivity contribution >= 4 is 62.0 Å². The number of thiophene rings is 1. The van der Waals surface area contributed by atoms with Crippen LogP contribution in [0.15, 0.2) is 0 Å². The Labute approximate surface area is 157 Å². The lowest BCUT2D eigenvalue weighted by atomic mass is 10.2. The fraction of sp³-hybridized carbons (Fsp3) is 0.375. The molecule has 0 fully saturated rings. The number of aromatic nitrogens is 2. The lowest BCUT2D eigenvalue weighted by Gasteiger charge is -2.01. The van der Waals surface area contributed by atoms with Gasteiger partial charge >= 0.3 is 11.9 Å². The molecule has 0 spiro atoms. The summed E-state index contributed by atoms with van der Waals surface area (Å²) >= 11 is 8.13. The summed E-state index contributed by atoms with van der Waals surface area (Å²) < 4.78 is 12.5. The molecular formula is C16H16N2O4S3. The highest BCUT2D eigenvalue weighted by Gasteiger charge is 2.23. The Morgan fingerprint density at radius 3 is 2.28 bits per heavy atom. The Kier molecular flexibility index (Phi) is 4.90. The zero-order chi connectivity index (χ0) is 18.3. The van der Waals surface area contributed by atoms with Crippen LogP contribution >= 0.6 is 34.9 Å². The molecule has 0 aliphatic heterocycles. The van der Waals surface area contributed by atoms with Crippen molar-refractivity contribution in [3.05, 3.63) is 25.7 Å². The fourth-order valence-corrected chi connectivity index (χ4v) is 5.32. The van der Waals surface area contributed by atoms with Crippen LogP contribution in [-0.4, -0.2) is 34.5 Å². The minimum Gasteiger partial charge on any atom is -0.462 e. The Balaban J connectivity index is 2.27. The van der Waals surface area contributed by atoms with Gasteiger partial charge in [-0.1, -0.05) is 23.6 Å². The molecule has 3 aromatic rings. The lowest BCUT2D eigenvalue weighted by molar-refractivity contribution is 0.0521. The van der Waals surface area contributed by atoms with Crippen molar-refractivity contribution in [3.8, 4) is 0 Å². The van der Waals surface area contributed by atoms with Crippen molar-refractivity contribution < 1.29 is 19.1 Å². The molecule has 0 N–H and O–H groups in total. The predicted molar refractivity (Wildman–Crippen MR) is 101 cm³/mol. The van der Waals surface area contributed by atoms with E-state index in [0.29, 0.717) is 43.1 Å². The summed E-state index contributed by atoms with van der Waals surface area (Å²) in [5.41, 5.74) is 1.45. The number of hydrogen-bond donors (Lipinski definition) is 0. The molecule has 6 nitrogen and oxygen atoms in total. The van der Waals surface area contributed by atoms with E-state index in [9.17, 15) is 9.59 Å². The van der Waals surface area contributed by atoms with Crippen LogP contribution in [0.4, 0.5) is 0 Å². The van der Waals surface area contributed by atoms with E-state index in [1.165, 1.54) is 22.7 Å². The number of hydrogen-bond acceptors (Lipinski definition) is 8. The smallest absolute Gasteiger partial charge is 0.350 e. The van der Waals surface area contributed by atoms with Crippen LogP contribution in [-0.2, 0) is 9.47 Å². The van der Waals surface area contributed by atoms with Gasteiger partial charge in [-0.15, -0.1) is 11.3 Å². The Morgan fingerprint density at radius 1 is 1.08 bits per heavy atom. The normalized spacial score (nSPS) is 11.2. The van der Waals surface area contributed by atoms with Gasteiger partial charge in [-0.25, -0.2) is 14.6 Å². The van der Waals surface area contributed by atoms with Gasteiger partial charge < -0.3 is 9.47 Å². The number of carbonyl (C=O) groups is 2. The molecule has 3 aromatic heterocycles. The van der Waals surface area contributed by atoms with Crippen molar-refractivity contribution in [2.24, 2.45) is 0 Å². The van der Waals surface area contributed by atoms with Crippen LogP contribution < -0.4 is 0 Å². The molecule has 0 saturated heterocycles. The molecule has 0 saturated carbocycles. The molecule has 0 aliphatic carbocycles. The topological polar surface area (TPSA) is 69.9 Å². The molecule has 0 unspecified atom stereocenters. The second-order valence-corrected chi connectivity index (χ2v) is 7.59. The summed E-state index contributed by atoms with van der Waals surface area (Å²) in [7, 11) is 0. The zero-order valence-corrected chi connectivity index (χ0v) is 16.6. The monoisotopic (exact) mass is 396 g/mol. The first kappa shape index (κ1) is 18.0. The maximum absolute atomic E-state index is 12.1. The SMILES string of the molecule is CCOC(=O)c1sc2nc3sc(C(=O)OCC)c(C)n3c(=S)c2c1C. The van der Waals surface area contributed by atoms with Gasteiger partial charge in [0.2, 0.25) is 0 Å². The number of esters is 2. The molecule has 3 rings (SSSR count). The second-order valence-electron chi connectivity index (χ2n) is 5.23. The first-order valence-electron chi connectivity index (χ1n) is 7.70. The average Bonchev–Trinajstić information content (AvgIpc) is 3.06. The zero-order valence-electron chi connectivity index (χ0n) is 14.2. The van der Waals surface area contributed by atoms with E-state index in [0.717, 1.165) is 10.9 Å². The number of aryl methyl sites for hydroxylation is 2. The van der Waals surface area contributed by atoms with Crippen molar-refractivity contribution in [1.82, 2.24) is 9.38 Å². The first-order chi connectivity index (χ1) is 11.9. The van der Waals surface area contributed by atoms with E-state index in [-0.39, 0.29) is 11.9 Å². The highest BCUT2D eigenvalue weighted by atomic mass is 32.1. The third-order valence-electron chi connectivity index (χ3n) is 3.71. The van der Waals surface area contributed by atoms with Gasteiger partial charge in [0.25, 0.3) is 0 Å². The number of ether oxygens (including phenoxy) is 2. The van der Waals surface area contributed by atoms with E-state index in [1.807, 2.05) is 13.8 Å². The summed E-state index contributed by atoms with van der Waals surface area (Å²) in [5.74, 6) is -0.744. The van der Waals surface area contributed by atoms with Crippen molar-refractivity contribution in [2.75, 3.05) is 13.2 Å². The third kappa shape index (κ3) is 2.86. The van der Waals surface area contributed by atoms with Gasteiger partial charge in [0.15, 0.2) is 4.96 Å². The quantitative estimate of drug-likeness (QED) is 0.483. The van der Waals surface area contributed by atoms with Crippen LogP contribution in [0.25, 0.3) is 15.2 Å². The summed E-state index contributed by atoms with van der Waals surface area (Å²) in [6.45, 7) is 7.80. The van der Waals surface area contributed by atoms with Gasteiger partial charge in [-0.2, -0.15) is 0 Å². The van der Waals surface area contributed by atoms with Crippen LogP contribution in [0, 0.1) is 18.5 Å². The molecule has 3 heterocycles. The van der Waals surface area contributed by atoms with Gasteiger partial charge in [-0.3, -0.25) is 4.40 Å². The summed E-state index contributed by atoms with van der Waals surface area (Å²) in [4.78, 5) is 31.1. The molecular weight excluding hydrogens is 380 g/mol. The number of thiazole rings is 1. The van der Waals surface area contributed by atoms with E-state index in [4.69, 9.17) is 21.7 Å². The van der Waals surface area contributed by atoms with Gasteiger partial charge in [-0.05, 0) is 33.3 Å². The molecule has 0 bridgehead atoms. The number of nitrogens with zero attached hydrogens (tertiary/aromatic N) is 2. The van der Waals surface area contributed by atoms with Gasteiger partial charge in [0, 0.05) is 5.69 Å². The van der Waals surface area contributed by atoms with Crippen LogP contribution in [0.3, 0.4) is 0 Å². The van der Waals surface area contributed by atoms with Crippen molar-refractivity contribution in [1.29, 1.82) is 0 Å². The minimum absolute atomic E-state index is 0.308. The summed E-state index contributed by atoms with van der Waals surface area (Å²) in [6, 6.07) is 0. The van der Waals surface area contributed by atoms with E-state index in [1.54, 1.807) is 18.2 Å². The molecule has 9 heteroatoms. The average molecular weight is 397 g/mol. The predicted octanol–water partition coefficient (Wildman–Crippen LogP) is 4.31. The molecule has 0 radical (unpaired) electrons. The number of rotatable bonds is 4. The molecule has 0 amide bonds. The van der Waals surface area contributed by atoms with Crippen molar-refractivity contribution in [3.63, 3.8) is 0 Å². The van der Waals surface area contributed by atoms with Crippen LogP contribution in [0.2, 0.25) is 0 Å². The Hall–Kier alpha value is -1.84. The van der Waals surface area contributed by atoms with Crippen LogP contribution in [0.5, 0.6) is 0 Å². The maximum atomic E-state index is 12.1. The number of fused-ring (bicyclic) bond motifs is 2. The second kappa shape index (κ2) is 6.81. The molecule has 0 aromatic carbocycles. The van der Waals surface area contributed by atoms with Gasteiger partial charge in [0.1, 0.15) is 19.2 Å². The maximum Gasteiger partial charge on any atom is 0.350 e. The summed E-state index contributed by atoms with van der Waals surface area (Å²) in [5, 5.41) is 0.747. The largest absolute Gasteiger partial charge is 0.462 e. The van der Waals surface area contributed by atoms with Crippen molar-refractivity contribution in [2.45, 2.75) is 27.7 Å².